The average molecular weight is 271 g/mol. The highest BCUT2D eigenvalue weighted by Crippen LogP contribution is 2.29. The minimum absolute atomic E-state index is 0.0316. The van der Waals surface area contributed by atoms with E-state index in [1.165, 1.54) is 24.3 Å². The second-order valence-corrected chi connectivity index (χ2v) is 3.66. The fourth-order valence-electron chi connectivity index (χ4n) is 1.25. The van der Waals surface area contributed by atoms with E-state index < -0.39 is 17.6 Å². The number of alkyl halides is 3. The van der Waals surface area contributed by atoms with Crippen LogP contribution in [0.3, 0.4) is 0 Å². The van der Waals surface area contributed by atoms with Crippen LogP contribution < -0.4 is 0 Å². The van der Waals surface area contributed by atoms with E-state index in [9.17, 15) is 18.0 Å². The zero-order chi connectivity index (χ0) is 14.5. The van der Waals surface area contributed by atoms with Crippen LogP contribution >= 0.6 is 0 Å². The van der Waals surface area contributed by atoms with Crippen LogP contribution in [0.4, 0.5) is 13.2 Å². The van der Waals surface area contributed by atoms with Crippen molar-refractivity contribution in [2.75, 3.05) is 6.54 Å². The Labute approximate surface area is 108 Å². The minimum Gasteiger partial charge on any atom is -0.285 e. The molecule has 1 aromatic carbocycles. The van der Waals surface area contributed by atoms with E-state index in [1.807, 2.05) is 0 Å². The number of carbonyl (C=O) groups excluding carboxylic acids is 1. The third-order valence-corrected chi connectivity index (χ3v) is 2.21. The fraction of sp³-hybridized carbons (Fsp3) is 0.154. The monoisotopic (exact) mass is 271 g/mol. The Balaban J connectivity index is 2.73. The van der Waals surface area contributed by atoms with E-state index >= 15 is 0 Å². The summed E-state index contributed by atoms with van der Waals surface area (Å²) in [6, 6.07) is 4.32. The molecule has 1 amide bonds. The first-order chi connectivity index (χ1) is 8.84. The maximum atomic E-state index is 12.3. The van der Waals surface area contributed by atoms with E-state index in [0.29, 0.717) is 10.6 Å². The lowest BCUT2D eigenvalue weighted by atomic mass is 10.1. The van der Waals surface area contributed by atoms with Crippen LogP contribution in [-0.2, 0) is 11.0 Å². The summed E-state index contributed by atoms with van der Waals surface area (Å²) in [7, 11) is 0. The highest BCUT2D eigenvalue weighted by molar-refractivity contribution is 5.91. The molecular weight excluding hydrogens is 259 g/mol. The Bertz CT molecular complexity index is 478. The first kappa shape index (κ1) is 15.0. The second-order valence-electron chi connectivity index (χ2n) is 3.66. The summed E-state index contributed by atoms with van der Waals surface area (Å²) in [4.78, 5) is 11.3. The summed E-state index contributed by atoms with van der Waals surface area (Å²) < 4.78 is 36.9. The van der Waals surface area contributed by atoms with E-state index in [2.05, 4.69) is 6.58 Å². The number of amides is 1. The molecule has 0 bridgehead atoms. The highest BCUT2D eigenvalue weighted by atomic mass is 19.4. The standard InChI is InChI=1S/C13H12F3NO2/c1-2-9-17(19)12(18)8-5-10-3-6-11(7-4-10)13(14,15)16/h2-8,19H,1,9H2/b8-5+. The summed E-state index contributed by atoms with van der Waals surface area (Å²) in [5.41, 5.74) is -0.334. The van der Waals surface area contributed by atoms with Crippen molar-refractivity contribution in [2.45, 2.75) is 6.18 Å². The molecule has 0 radical (unpaired) electrons. The van der Waals surface area contributed by atoms with Gasteiger partial charge < -0.3 is 0 Å². The summed E-state index contributed by atoms with van der Waals surface area (Å²) in [6.07, 6.45) is -0.672. The van der Waals surface area contributed by atoms with Crippen molar-refractivity contribution in [1.82, 2.24) is 5.06 Å². The predicted molar refractivity (Wildman–Crippen MR) is 64.2 cm³/mol. The molecule has 0 saturated heterocycles. The first-order valence-electron chi connectivity index (χ1n) is 5.31. The molecule has 1 N–H and O–H groups in total. The lowest BCUT2D eigenvalue weighted by Gasteiger charge is -2.09. The molecule has 0 spiro atoms. The van der Waals surface area contributed by atoms with Gasteiger partial charge in [0.2, 0.25) is 0 Å². The molecule has 0 fully saturated rings. The van der Waals surface area contributed by atoms with Crippen molar-refractivity contribution < 1.29 is 23.2 Å². The maximum absolute atomic E-state index is 12.3. The molecule has 0 unspecified atom stereocenters. The number of nitrogens with zero attached hydrogens (tertiary/aromatic N) is 1. The quantitative estimate of drug-likeness (QED) is 0.395. The highest BCUT2D eigenvalue weighted by Gasteiger charge is 2.29. The minimum atomic E-state index is -4.38. The molecule has 0 aliphatic heterocycles. The van der Waals surface area contributed by atoms with Crippen LogP contribution in [0, 0.1) is 0 Å². The third-order valence-electron chi connectivity index (χ3n) is 2.21. The van der Waals surface area contributed by atoms with Gasteiger partial charge in [0.1, 0.15) is 0 Å². The van der Waals surface area contributed by atoms with Gasteiger partial charge in [-0.25, -0.2) is 5.06 Å². The Kier molecular flexibility index (Phi) is 4.88. The largest absolute Gasteiger partial charge is 0.416 e. The smallest absolute Gasteiger partial charge is 0.285 e. The molecule has 0 heterocycles. The molecule has 0 aliphatic carbocycles. The van der Waals surface area contributed by atoms with Crippen LogP contribution in [0.2, 0.25) is 0 Å². The fourth-order valence-corrected chi connectivity index (χ4v) is 1.25. The van der Waals surface area contributed by atoms with Crippen LogP contribution in [0.5, 0.6) is 0 Å². The number of halogens is 3. The molecule has 19 heavy (non-hydrogen) atoms. The van der Waals surface area contributed by atoms with Crippen molar-refractivity contribution in [1.29, 1.82) is 0 Å². The zero-order valence-electron chi connectivity index (χ0n) is 9.89. The summed E-state index contributed by atoms with van der Waals surface area (Å²) in [6.45, 7) is 3.32. The Morgan fingerprint density at radius 3 is 2.37 bits per heavy atom. The van der Waals surface area contributed by atoms with Crippen molar-refractivity contribution in [2.24, 2.45) is 0 Å². The van der Waals surface area contributed by atoms with Crippen molar-refractivity contribution in [3.05, 3.63) is 54.1 Å². The predicted octanol–water partition coefficient (Wildman–Crippen LogP) is 3.12. The molecular formula is C13H12F3NO2. The molecule has 1 aromatic rings. The average Bonchev–Trinajstić information content (AvgIpc) is 2.35. The normalized spacial score (nSPS) is 11.6. The Morgan fingerprint density at radius 2 is 1.89 bits per heavy atom. The third kappa shape index (κ3) is 4.59. The molecule has 0 saturated carbocycles. The van der Waals surface area contributed by atoms with Gasteiger partial charge in [0.25, 0.3) is 5.91 Å². The Morgan fingerprint density at radius 1 is 1.32 bits per heavy atom. The lowest BCUT2D eigenvalue weighted by Crippen LogP contribution is -2.25. The maximum Gasteiger partial charge on any atom is 0.416 e. The number of hydroxylamine groups is 2. The number of benzene rings is 1. The molecule has 0 atom stereocenters. The van der Waals surface area contributed by atoms with Crippen LogP contribution in [0.15, 0.2) is 43.0 Å². The van der Waals surface area contributed by atoms with Gasteiger partial charge in [-0.3, -0.25) is 10.0 Å². The molecule has 102 valence electrons. The van der Waals surface area contributed by atoms with Crippen LogP contribution in [0.25, 0.3) is 6.08 Å². The number of carbonyl (C=O) groups is 1. The van der Waals surface area contributed by atoms with Gasteiger partial charge >= 0.3 is 6.18 Å². The SMILES string of the molecule is C=CCN(O)C(=O)/C=C/c1ccc(C(F)(F)F)cc1. The van der Waals surface area contributed by atoms with E-state index in [4.69, 9.17) is 5.21 Å². The van der Waals surface area contributed by atoms with Crippen molar-refractivity contribution >= 4 is 12.0 Å². The molecule has 0 aliphatic rings. The molecule has 6 heteroatoms. The van der Waals surface area contributed by atoms with E-state index in [1.54, 1.807) is 0 Å². The van der Waals surface area contributed by atoms with Gasteiger partial charge in [0.05, 0.1) is 12.1 Å². The summed E-state index contributed by atoms with van der Waals surface area (Å²) >= 11 is 0. The van der Waals surface area contributed by atoms with Gasteiger partial charge in [-0.1, -0.05) is 18.2 Å². The number of rotatable bonds is 4. The van der Waals surface area contributed by atoms with E-state index in [-0.39, 0.29) is 6.54 Å². The van der Waals surface area contributed by atoms with Crippen molar-refractivity contribution in [3.8, 4) is 0 Å². The first-order valence-corrected chi connectivity index (χ1v) is 5.31. The molecule has 0 aromatic heterocycles. The van der Waals surface area contributed by atoms with Gasteiger partial charge in [-0.15, -0.1) is 6.58 Å². The zero-order valence-corrected chi connectivity index (χ0v) is 9.89. The molecule has 3 nitrogen and oxygen atoms in total. The van der Waals surface area contributed by atoms with Gasteiger partial charge in [-0.05, 0) is 23.8 Å². The van der Waals surface area contributed by atoms with Gasteiger partial charge in [0, 0.05) is 6.08 Å². The molecule has 1 rings (SSSR count). The summed E-state index contributed by atoms with van der Waals surface area (Å²) in [5, 5.41) is 9.60. The van der Waals surface area contributed by atoms with Crippen LogP contribution in [0.1, 0.15) is 11.1 Å². The number of hydrogen-bond acceptors (Lipinski definition) is 2. The van der Waals surface area contributed by atoms with E-state index in [0.717, 1.165) is 18.2 Å². The van der Waals surface area contributed by atoms with Crippen LogP contribution in [-0.4, -0.2) is 22.7 Å². The summed E-state index contributed by atoms with van der Waals surface area (Å²) in [5.74, 6) is -0.681. The Hall–Kier alpha value is -2.08. The second kappa shape index (κ2) is 6.19. The van der Waals surface area contributed by atoms with Gasteiger partial charge in [0.15, 0.2) is 0 Å². The number of hydrogen-bond donors (Lipinski definition) is 1. The topological polar surface area (TPSA) is 40.5 Å². The van der Waals surface area contributed by atoms with Crippen molar-refractivity contribution in [3.63, 3.8) is 0 Å². The lowest BCUT2D eigenvalue weighted by molar-refractivity contribution is -0.156. The van der Waals surface area contributed by atoms with Gasteiger partial charge in [-0.2, -0.15) is 13.2 Å².